The van der Waals surface area contributed by atoms with Gasteiger partial charge in [0.15, 0.2) is 0 Å². The first-order valence-electron chi connectivity index (χ1n) is 16.6. The Balaban J connectivity index is 1.22. The molecule has 1 heterocycles. The SMILES string of the molecule is C=C/C=C(\C=C/CN(c1ccc(-c2ccccc2)cc1)c1ccc2c(c1)C(C)(C)c1ccc3c(sc4ccccc43)c1-2)c1ccccc1. The number of benzene rings is 6. The molecule has 0 saturated heterocycles. The molecule has 48 heavy (non-hydrogen) atoms. The van der Waals surface area contributed by atoms with E-state index in [1.165, 1.54) is 64.8 Å². The fraction of sp³-hybridized carbons (Fsp3) is 0.0870. The molecule has 0 bridgehead atoms. The molecule has 1 aliphatic carbocycles. The standard InChI is InChI=1S/C46H37NS/c1-4-14-32(33-15-7-5-8-16-33)19-13-30-47(36-24-22-35(23-25-36)34-17-9-6-10-18-34)37-26-27-40-42(31-37)46(2,3)41-29-28-39-38-20-11-12-21-43(38)48-45(39)44(40)41/h4-29,31H,1,30H2,2-3H3/b19-13-,32-14+. The first-order valence-corrected chi connectivity index (χ1v) is 17.4. The number of hydrogen-bond acceptors (Lipinski definition) is 2. The van der Waals surface area contributed by atoms with E-state index >= 15 is 0 Å². The minimum Gasteiger partial charge on any atom is -0.338 e. The summed E-state index contributed by atoms with van der Waals surface area (Å²) in [6.07, 6.45) is 8.42. The van der Waals surface area contributed by atoms with Crippen LogP contribution < -0.4 is 4.90 Å². The van der Waals surface area contributed by atoms with Gasteiger partial charge in [0.25, 0.3) is 0 Å². The molecule has 1 aliphatic rings. The second-order valence-corrected chi connectivity index (χ2v) is 14.0. The molecule has 0 aliphatic heterocycles. The van der Waals surface area contributed by atoms with Gasteiger partial charge >= 0.3 is 0 Å². The Morgan fingerprint density at radius 3 is 2.15 bits per heavy atom. The van der Waals surface area contributed by atoms with Gasteiger partial charge in [-0.05, 0) is 69.3 Å². The van der Waals surface area contributed by atoms with E-state index in [1.807, 2.05) is 17.4 Å². The molecule has 0 amide bonds. The average Bonchev–Trinajstić information content (AvgIpc) is 3.62. The highest BCUT2D eigenvalue weighted by molar-refractivity contribution is 7.26. The van der Waals surface area contributed by atoms with E-state index in [9.17, 15) is 0 Å². The fourth-order valence-electron chi connectivity index (χ4n) is 7.27. The second kappa shape index (κ2) is 12.3. The Kier molecular flexibility index (Phi) is 7.67. The van der Waals surface area contributed by atoms with Crippen LogP contribution in [0.15, 0.2) is 170 Å². The van der Waals surface area contributed by atoms with Crippen LogP contribution in [0.25, 0.3) is 48.0 Å². The van der Waals surface area contributed by atoms with Crippen molar-refractivity contribution >= 4 is 48.5 Å². The third kappa shape index (κ3) is 5.19. The molecule has 1 aromatic heterocycles. The van der Waals surface area contributed by atoms with Gasteiger partial charge in [0, 0.05) is 49.1 Å². The van der Waals surface area contributed by atoms with E-state index in [2.05, 4.69) is 183 Å². The summed E-state index contributed by atoms with van der Waals surface area (Å²) in [5.74, 6) is 0. The van der Waals surface area contributed by atoms with E-state index < -0.39 is 0 Å². The van der Waals surface area contributed by atoms with Gasteiger partial charge in [-0.15, -0.1) is 11.3 Å². The fourth-order valence-corrected chi connectivity index (χ4v) is 8.54. The Bertz CT molecular complexity index is 2340. The minimum atomic E-state index is -0.114. The molecular formula is C46H37NS. The van der Waals surface area contributed by atoms with Crippen molar-refractivity contribution in [2.75, 3.05) is 11.4 Å². The highest BCUT2D eigenvalue weighted by Crippen LogP contribution is 2.54. The van der Waals surface area contributed by atoms with Crippen molar-refractivity contribution in [2.24, 2.45) is 0 Å². The predicted molar refractivity (Wildman–Crippen MR) is 210 cm³/mol. The maximum atomic E-state index is 3.97. The minimum absolute atomic E-state index is 0.114. The van der Waals surface area contributed by atoms with E-state index in [1.54, 1.807) is 0 Å². The summed E-state index contributed by atoms with van der Waals surface area (Å²) in [4.78, 5) is 2.43. The van der Waals surface area contributed by atoms with Gasteiger partial charge in [0.2, 0.25) is 0 Å². The van der Waals surface area contributed by atoms with Crippen LogP contribution >= 0.6 is 11.3 Å². The first kappa shape index (κ1) is 29.9. The van der Waals surface area contributed by atoms with Crippen LogP contribution in [0, 0.1) is 0 Å². The lowest BCUT2D eigenvalue weighted by Gasteiger charge is -2.27. The third-order valence-electron chi connectivity index (χ3n) is 9.75. The van der Waals surface area contributed by atoms with Gasteiger partial charge in [-0.3, -0.25) is 0 Å². The summed E-state index contributed by atoms with van der Waals surface area (Å²) >= 11 is 1.92. The maximum Gasteiger partial charge on any atom is 0.0437 e. The molecule has 0 saturated carbocycles. The zero-order valence-electron chi connectivity index (χ0n) is 27.4. The molecular weight excluding hydrogens is 599 g/mol. The van der Waals surface area contributed by atoms with E-state index in [-0.39, 0.29) is 5.41 Å². The molecule has 0 radical (unpaired) electrons. The van der Waals surface area contributed by atoms with Crippen LogP contribution in [0.4, 0.5) is 11.4 Å². The molecule has 1 nitrogen and oxygen atoms in total. The van der Waals surface area contributed by atoms with Gasteiger partial charge < -0.3 is 4.90 Å². The molecule has 7 aromatic rings. The molecule has 0 N–H and O–H groups in total. The number of rotatable bonds is 8. The third-order valence-corrected chi connectivity index (χ3v) is 11.0. The average molecular weight is 636 g/mol. The first-order chi connectivity index (χ1) is 23.5. The van der Waals surface area contributed by atoms with Crippen LogP contribution in [0.1, 0.15) is 30.5 Å². The highest BCUT2D eigenvalue weighted by atomic mass is 32.1. The van der Waals surface area contributed by atoms with Gasteiger partial charge in [-0.1, -0.05) is 154 Å². The molecule has 0 atom stereocenters. The Morgan fingerprint density at radius 1 is 0.688 bits per heavy atom. The smallest absolute Gasteiger partial charge is 0.0437 e. The lowest BCUT2D eigenvalue weighted by Crippen LogP contribution is -2.19. The lowest BCUT2D eigenvalue weighted by molar-refractivity contribution is 0.661. The molecule has 0 fully saturated rings. The summed E-state index contributed by atoms with van der Waals surface area (Å²) in [5.41, 5.74) is 12.5. The molecule has 232 valence electrons. The van der Waals surface area contributed by atoms with Crippen LogP contribution in [0.3, 0.4) is 0 Å². The number of anilines is 2. The van der Waals surface area contributed by atoms with Gasteiger partial charge in [0.1, 0.15) is 0 Å². The van der Waals surface area contributed by atoms with Gasteiger partial charge in [-0.2, -0.15) is 0 Å². The van der Waals surface area contributed by atoms with Crippen molar-refractivity contribution in [1.82, 2.24) is 0 Å². The second-order valence-electron chi connectivity index (χ2n) is 13.0. The quantitative estimate of drug-likeness (QED) is 0.150. The van der Waals surface area contributed by atoms with E-state index in [4.69, 9.17) is 0 Å². The largest absolute Gasteiger partial charge is 0.338 e. The number of nitrogens with zero attached hydrogens (tertiary/aromatic N) is 1. The molecule has 0 spiro atoms. The van der Waals surface area contributed by atoms with Crippen molar-refractivity contribution in [3.8, 4) is 22.3 Å². The van der Waals surface area contributed by atoms with Crippen molar-refractivity contribution < 1.29 is 0 Å². The maximum absolute atomic E-state index is 3.97. The zero-order chi connectivity index (χ0) is 32.7. The van der Waals surface area contributed by atoms with Crippen LogP contribution in [-0.2, 0) is 5.41 Å². The zero-order valence-corrected chi connectivity index (χ0v) is 28.2. The van der Waals surface area contributed by atoms with Crippen LogP contribution in [0.5, 0.6) is 0 Å². The van der Waals surface area contributed by atoms with Crippen LogP contribution in [0.2, 0.25) is 0 Å². The Morgan fingerprint density at radius 2 is 1.38 bits per heavy atom. The Hall–Kier alpha value is -5.44. The van der Waals surface area contributed by atoms with Crippen molar-refractivity contribution in [2.45, 2.75) is 19.3 Å². The number of hydrogen-bond donors (Lipinski definition) is 0. The van der Waals surface area contributed by atoms with Crippen molar-refractivity contribution in [3.05, 3.63) is 187 Å². The van der Waals surface area contributed by atoms with Gasteiger partial charge in [0.05, 0.1) is 0 Å². The van der Waals surface area contributed by atoms with E-state index in [0.717, 1.165) is 17.8 Å². The Labute approximate surface area is 287 Å². The molecule has 8 rings (SSSR count). The summed E-state index contributed by atoms with van der Waals surface area (Å²) in [6.45, 7) is 9.45. The summed E-state index contributed by atoms with van der Waals surface area (Å²) in [7, 11) is 0. The summed E-state index contributed by atoms with van der Waals surface area (Å²) in [6, 6.07) is 50.7. The molecule has 2 heteroatoms. The number of thiophene rings is 1. The number of allylic oxidation sites excluding steroid dienone is 4. The summed E-state index contributed by atoms with van der Waals surface area (Å²) < 4.78 is 2.74. The van der Waals surface area contributed by atoms with Crippen LogP contribution in [-0.4, -0.2) is 6.54 Å². The predicted octanol–water partition coefficient (Wildman–Crippen LogP) is 13.0. The normalized spacial score (nSPS) is 13.6. The molecule has 0 unspecified atom stereocenters. The van der Waals surface area contributed by atoms with Crippen molar-refractivity contribution in [3.63, 3.8) is 0 Å². The van der Waals surface area contributed by atoms with Crippen molar-refractivity contribution in [1.29, 1.82) is 0 Å². The van der Waals surface area contributed by atoms with Gasteiger partial charge in [-0.25, -0.2) is 0 Å². The topological polar surface area (TPSA) is 3.24 Å². The monoisotopic (exact) mass is 635 g/mol. The summed E-state index contributed by atoms with van der Waals surface area (Å²) in [5, 5.41) is 2.70. The number of fused-ring (bicyclic) bond motifs is 7. The molecule has 6 aromatic carbocycles. The highest BCUT2D eigenvalue weighted by Gasteiger charge is 2.37. The lowest BCUT2D eigenvalue weighted by atomic mass is 9.82. The van der Waals surface area contributed by atoms with E-state index in [0.29, 0.717) is 0 Å².